The Bertz CT molecular complexity index is 538. The summed E-state index contributed by atoms with van der Waals surface area (Å²) in [7, 11) is 1.54. The number of amides is 2. The zero-order valence-corrected chi connectivity index (χ0v) is 10.4. The molecule has 0 saturated carbocycles. The number of hydrogen-bond donors (Lipinski definition) is 1. The van der Waals surface area contributed by atoms with Crippen molar-refractivity contribution in [2.24, 2.45) is 0 Å². The molecule has 6 nitrogen and oxygen atoms in total. The van der Waals surface area contributed by atoms with Gasteiger partial charge in [-0.3, -0.25) is 14.9 Å². The second kappa shape index (κ2) is 4.46. The molecule has 2 aliphatic rings. The van der Waals surface area contributed by atoms with E-state index < -0.39 is 0 Å². The number of methoxy groups -OCH3 is 1. The maximum absolute atomic E-state index is 11.4. The van der Waals surface area contributed by atoms with Crippen LogP contribution in [0.2, 0.25) is 0 Å². The van der Waals surface area contributed by atoms with E-state index in [0.29, 0.717) is 17.2 Å². The van der Waals surface area contributed by atoms with Gasteiger partial charge in [0.1, 0.15) is 0 Å². The summed E-state index contributed by atoms with van der Waals surface area (Å²) in [4.78, 5) is 22.9. The Morgan fingerprint density at radius 3 is 2.63 bits per heavy atom. The number of imide groups is 1. The van der Waals surface area contributed by atoms with Crippen molar-refractivity contribution in [2.75, 3.05) is 13.9 Å². The van der Waals surface area contributed by atoms with Crippen LogP contribution in [0.3, 0.4) is 0 Å². The van der Waals surface area contributed by atoms with Gasteiger partial charge in [0.05, 0.1) is 7.11 Å². The molecule has 100 valence electrons. The van der Waals surface area contributed by atoms with Crippen LogP contribution in [0, 0.1) is 0 Å². The minimum absolute atomic E-state index is 0.148. The highest BCUT2D eigenvalue weighted by atomic mass is 16.7. The zero-order valence-electron chi connectivity index (χ0n) is 10.4. The first-order chi connectivity index (χ1) is 9.17. The van der Waals surface area contributed by atoms with Crippen LogP contribution in [0.4, 0.5) is 0 Å². The van der Waals surface area contributed by atoms with E-state index in [2.05, 4.69) is 5.32 Å². The molecule has 0 spiro atoms. The number of piperidine rings is 1. The van der Waals surface area contributed by atoms with Crippen LogP contribution < -0.4 is 19.5 Å². The van der Waals surface area contributed by atoms with E-state index in [-0.39, 0.29) is 37.4 Å². The largest absolute Gasteiger partial charge is 0.493 e. The van der Waals surface area contributed by atoms with Gasteiger partial charge in [-0.2, -0.15) is 0 Å². The van der Waals surface area contributed by atoms with Crippen LogP contribution in [-0.4, -0.2) is 25.7 Å². The number of hydrogen-bond acceptors (Lipinski definition) is 5. The number of ether oxygens (including phenoxy) is 3. The Morgan fingerprint density at radius 2 is 1.95 bits per heavy atom. The highest BCUT2D eigenvalue weighted by Crippen LogP contribution is 2.44. The van der Waals surface area contributed by atoms with Gasteiger partial charge in [-0.25, -0.2) is 0 Å². The third-order valence-electron chi connectivity index (χ3n) is 3.29. The first kappa shape index (κ1) is 11.8. The molecule has 1 aromatic rings. The van der Waals surface area contributed by atoms with Gasteiger partial charge in [0.2, 0.25) is 24.4 Å². The average Bonchev–Trinajstić information content (AvgIpc) is 2.84. The van der Waals surface area contributed by atoms with Crippen LogP contribution in [0.15, 0.2) is 12.1 Å². The lowest BCUT2D eigenvalue weighted by Gasteiger charge is -2.21. The summed E-state index contributed by atoms with van der Waals surface area (Å²) in [6, 6.07) is 3.60. The average molecular weight is 263 g/mol. The van der Waals surface area contributed by atoms with Gasteiger partial charge < -0.3 is 14.2 Å². The summed E-state index contributed by atoms with van der Waals surface area (Å²) in [5, 5.41) is 2.29. The number of carbonyl (C=O) groups excluding carboxylic acids is 2. The van der Waals surface area contributed by atoms with Crippen LogP contribution in [0.1, 0.15) is 24.3 Å². The lowest BCUT2D eigenvalue weighted by Crippen LogP contribution is -2.37. The highest BCUT2D eigenvalue weighted by molar-refractivity contribution is 5.98. The van der Waals surface area contributed by atoms with Crippen LogP contribution >= 0.6 is 0 Å². The monoisotopic (exact) mass is 263 g/mol. The molecule has 0 bridgehead atoms. The van der Waals surface area contributed by atoms with Gasteiger partial charge in [0.25, 0.3) is 0 Å². The Morgan fingerprint density at radius 1 is 1.21 bits per heavy atom. The van der Waals surface area contributed by atoms with E-state index in [1.165, 1.54) is 0 Å². The molecule has 3 rings (SSSR count). The van der Waals surface area contributed by atoms with Gasteiger partial charge in [0.15, 0.2) is 11.5 Å². The molecule has 2 amide bonds. The van der Waals surface area contributed by atoms with E-state index >= 15 is 0 Å². The van der Waals surface area contributed by atoms with Crippen LogP contribution in [-0.2, 0) is 9.59 Å². The standard InChI is InChI=1S/C13H13NO5/c1-17-9-2-7(3-10-13(9)19-6-18-10)8-4-11(15)14-12(16)5-8/h2-3,8H,4-6H2,1H3,(H,14,15,16). The summed E-state index contributed by atoms with van der Waals surface area (Å²) in [6.07, 6.45) is 0.572. The van der Waals surface area contributed by atoms with Gasteiger partial charge in [-0.1, -0.05) is 0 Å². The Labute approximate surface area is 109 Å². The van der Waals surface area contributed by atoms with Crippen molar-refractivity contribution < 1.29 is 23.8 Å². The first-order valence-corrected chi connectivity index (χ1v) is 5.97. The molecule has 1 fully saturated rings. The summed E-state index contributed by atoms with van der Waals surface area (Å²) in [6.45, 7) is 0.152. The number of nitrogens with one attached hydrogen (secondary N) is 1. The van der Waals surface area contributed by atoms with Crippen molar-refractivity contribution in [1.29, 1.82) is 0 Å². The molecule has 0 atom stereocenters. The highest BCUT2D eigenvalue weighted by Gasteiger charge is 2.29. The van der Waals surface area contributed by atoms with E-state index in [4.69, 9.17) is 14.2 Å². The fraction of sp³-hybridized carbons (Fsp3) is 0.385. The molecular formula is C13H13NO5. The molecule has 0 aliphatic carbocycles. The molecule has 2 aliphatic heterocycles. The Kier molecular flexibility index (Phi) is 2.77. The second-order valence-electron chi connectivity index (χ2n) is 4.53. The topological polar surface area (TPSA) is 73.9 Å². The summed E-state index contributed by atoms with van der Waals surface area (Å²) in [5.41, 5.74) is 0.851. The number of benzene rings is 1. The summed E-state index contributed by atoms with van der Waals surface area (Å²) in [5.74, 6) is 1.06. The Balaban J connectivity index is 1.96. The molecule has 2 heterocycles. The van der Waals surface area contributed by atoms with Crippen LogP contribution in [0.25, 0.3) is 0 Å². The fourth-order valence-electron chi connectivity index (χ4n) is 2.40. The lowest BCUT2D eigenvalue weighted by atomic mass is 9.89. The Hall–Kier alpha value is -2.24. The van der Waals surface area contributed by atoms with E-state index in [9.17, 15) is 9.59 Å². The van der Waals surface area contributed by atoms with Crippen molar-refractivity contribution in [1.82, 2.24) is 5.32 Å². The molecule has 1 N–H and O–H groups in total. The number of carbonyl (C=O) groups is 2. The van der Waals surface area contributed by atoms with Gasteiger partial charge in [0, 0.05) is 18.8 Å². The number of rotatable bonds is 2. The molecule has 0 unspecified atom stereocenters. The molecule has 19 heavy (non-hydrogen) atoms. The predicted octanol–water partition coefficient (Wildman–Crippen LogP) is 0.944. The van der Waals surface area contributed by atoms with Crippen molar-refractivity contribution in [3.63, 3.8) is 0 Å². The third kappa shape index (κ3) is 2.09. The normalized spacial score (nSPS) is 18.4. The van der Waals surface area contributed by atoms with E-state index in [1.807, 2.05) is 0 Å². The van der Waals surface area contributed by atoms with E-state index in [0.717, 1.165) is 5.56 Å². The lowest BCUT2D eigenvalue weighted by molar-refractivity contribution is -0.133. The van der Waals surface area contributed by atoms with Gasteiger partial charge >= 0.3 is 0 Å². The zero-order chi connectivity index (χ0) is 13.4. The molecule has 6 heteroatoms. The minimum Gasteiger partial charge on any atom is -0.493 e. The second-order valence-corrected chi connectivity index (χ2v) is 4.53. The maximum atomic E-state index is 11.4. The molecular weight excluding hydrogens is 250 g/mol. The van der Waals surface area contributed by atoms with Gasteiger partial charge in [-0.15, -0.1) is 0 Å². The number of fused-ring (bicyclic) bond motifs is 1. The van der Waals surface area contributed by atoms with Crippen molar-refractivity contribution in [2.45, 2.75) is 18.8 Å². The molecule has 1 saturated heterocycles. The first-order valence-electron chi connectivity index (χ1n) is 5.97. The molecule has 0 radical (unpaired) electrons. The van der Waals surface area contributed by atoms with Crippen LogP contribution in [0.5, 0.6) is 17.2 Å². The predicted molar refractivity (Wildman–Crippen MR) is 64.2 cm³/mol. The molecule has 0 aromatic heterocycles. The van der Waals surface area contributed by atoms with E-state index in [1.54, 1.807) is 19.2 Å². The maximum Gasteiger partial charge on any atom is 0.231 e. The summed E-state index contributed by atoms with van der Waals surface area (Å²) < 4.78 is 15.9. The minimum atomic E-state index is -0.252. The summed E-state index contributed by atoms with van der Waals surface area (Å²) >= 11 is 0. The molecule has 1 aromatic carbocycles. The van der Waals surface area contributed by atoms with Crippen molar-refractivity contribution >= 4 is 11.8 Å². The smallest absolute Gasteiger partial charge is 0.231 e. The third-order valence-corrected chi connectivity index (χ3v) is 3.29. The van der Waals surface area contributed by atoms with Gasteiger partial charge in [-0.05, 0) is 17.7 Å². The van der Waals surface area contributed by atoms with Crippen molar-refractivity contribution in [3.05, 3.63) is 17.7 Å². The quantitative estimate of drug-likeness (QED) is 0.804. The fourth-order valence-corrected chi connectivity index (χ4v) is 2.40. The SMILES string of the molecule is COc1cc(C2CC(=O)NC(=O)C2)cc2c1OCO2. The van der Waals surface area contributed by atoms with Crippen molar-refractivity contribution in [3.8, 4) is 17.2 Å².